The number of ketones is 1. The fourth-order valence-corrected chi connectivity index (χ4v) is 4.63. The molecule has 1 saturated heterocycles. The van der Waals surface area contributed by atoms with Gasteiger partial charge in [0.15, 0.2) is 10.9 Å². The number of fused-ring (bicyclic) bond motifs is 1. The lowest BCUT2D eigenvalue weighted by Crippen LogP contribution is -2.35. The summed E-state index contributed by atoms with van der Waals surface area (Å²) in [7, 11) is 0. The first-order chi connectivity index (χ1) is 15.5. The molecule has 1 aliphatic heterocycles. The quantitative estimate of drug-likeness (QED) is 0.578. The van der Waals surface area contributed by atoms with Crippen LogP contribution in [0, 0.1) is 0 Å². The molecular weight excluding hydrogens is 426 g/mol. The largest absolute Gasteiger partial charge is 0.346 e. The Balaban J connectivity index is 1.28. The molecule has 1 aromatic carbocycles. The maximum Gasteiger partial charge on any atom is 0.224 e. The maximum atomic E-state index is 12.7. The van der Waals surface area contributed by atoms with Crippen LogP contribution >= 0.6 is 11.3 Å². The Morgan fingerprint density at radius 3 is 2.75 bits per heavy atom. The van der Waals surface area contributed by atoms with Crippen molar-refractivity contribution in [3.8, 4) is 0 Å². The monoisotopic (exact) mass is 451 g/mol. The topological polar surface area (TPSA) is 95.5 Å². The van der Waals surface area contributed by atoms with E-state index in [4.69, 9.17) is 0 Å². The zero-order valence-electron chi connectivity index (χ0n) is 17.9. The smallest absolute Gasteiger partial charge is 0.224 e. The second-order valence-corrected chi connectivity index (χ2v) is 8.69. The summed E-state index contributed by atoms with van der Waals surface area (Å²) in [4.78, 5) is 50.4. The van der Waals surface area contributed by atoms with Crippen molar-refractivity contribution >= 4 is 50.1 Å². The van der Waals surface area contributed by atoms with Crippen molar-refractivity contribution in [2.24, 2.45) is 0 Å². The van der Waals surface area contributed by atoms with E-state index in [2.05, 4.69) is 20.2 Å². The number of thiazole rings is 1. The molecule has 0 bridgehead atoms. The number of hydrogen-bond acceptors (Lipinski definition) is 7. The standard InChI is InChI=1S/C23H25N5O3S/c1-16(29)17-5-2-6-18(15-17)25-20(30)8-9-21(31)27-11-4-12-28(14-13-27)23-26-19-7-3-10-24-22(19)32-23/h2-3,5-7,10,15H,4,8-9,11-14H2,1H3,(H,25,30). The van der Waals surface area contributed by atoms with Crippen LogP contribution < -0.4 is 10.2 Å². The van der Waals surface area contributed by atoms with Gasteiger partial charge in [-0.3, -0.25) is 14.4 Å². The predicted molar refractivity (Wildman–Crippen MR) is 125 cm³/mol. The Labute approximate surface area is 190 Å². The molecule has 1 fully saturated rings. The number of anilines is 2. The average Bonchev–Trinajstić information content (AvgIpc) is 3.07. The fourth-order valence-electron chi connectivity index (χ4n) is 3.67. The zero-order valence-corrected chi connectivity index (χ0v) is 18.7. The van der Waals surface area contributed by atoms with Gasteiger partial charge in [0.2, 0.25) is 11.8 Å². The summed E-state index contributed by atoms with van der Waals surface area (Å²) in [5.74, 6) is -0.323. The Hall–Kier alpha value is -3.33. The third kappa shape index (κ3) is 5.28. The number of nitrogens with zero attached hydrogens (tertiary/aromatic N) is 4. The maximum absolute atomic E-state index is 12.7. The van der Waals surface area contributed by atoms with Gasteiger partial charge in [-0.1, -0.05) is 23.5 Å². The van der Waals surface area contributed by atoms with Crippen LogP contribution in [-0.2, 0) is 9.59 Å². The molecule has 1 N–H and O–H groups in total. The molecule has 2 amide bonds. The number of nitrogens with one attached hydrogen (secondary N) is 1. The number of carbonyl (C=O) groups is 3. The molecular formula is C23H25N5O3S. The molecule has 166 valence electrons. The van der Waals surface area contributed by atoms with Gasteiger partial charge < -0.3 is 15.1 Å². The highest BCUT2D eigenvalue weighted by Gasteiger charge is 2.21. The first-order valence-electron chi connectivity index (χ1n) is 10.6. The third-order valence-corrected chi connectivity index (χ3v) is 6.43. The predicted octanol–water partition coefficient (Wildman–Crippen LogP) is 3.35. The second kappa shape index (κ2) is 9.86. The average molecular weight is 452 g/mol. The van der Waals surface area contributed by atoms with Crippen molar-refractivity contribution < 1.29 is 14.4 Å². The van der Waals surface area contributed by atoms with Crippen molar-refractivity contribution in [3.05, 3.63) is 48.2 Å². The molecule has 0 atom stereocenters. The lowest BCUT2D eigenvalue weighted by molar-refractivity contribution is -0.132. The third-order valence-electron chi connectivity index (χ3n) is 5.39. The van der Waals surface area contributed by atoms with Crippen molar-refractivity contribution in [1.29, 1.82) is 0 Å². The van der Waals surface area contributed by atoms with Gasteiger partial charge in [-0.2, -0.15) is 0 Å². The molecule has 0 saturated carbocycles. The lowest BCUT2D eigenvalue weighted by atomic mass is 10.1. The number of carbonyl (C=O) groups excluding carboxylic acids is 3. The Bertz CT molecular complexity index is 1110. The normalized spacial score (nSPS) is 14.3. The summed E-state index contributed by atoms with van der Waals surface area (Å²) in [5, 5.41) is 3.70. The zero-order chi connectivity index (χ0) is 22.5. The molecule has 0 unspecified atom stereocenters. The van der Waals surface area contributed by atoms with E-state index in [1.54, 1.807) is 41.8 Å². The second-order valence-electron chi connectivity index (χ2n) is 7.73. The van der Waals surface area contributed by atoms with E-state index in [9.17, 15) is 14.4 Å². The van der Waals surface area contributed by atoms with Gasteiger partial charge >= 0.3 is 0 Å². The molecule has 4 rings (SSSR count). The molecule has 0 radical (unpaired) electrons. The van der Waals surface area contributed by atoms with E-state index in [0.717, 1.165) is 28.4 Å². The van der Waals surface area contributed by atoms with E-state index in [1.165, 1.54) is 6.92 Å². The number of aromatic nitrogens is 2. The Morgan fingerprint density at radius 2 is 1.94 bits per heavy atom. The van der Waals surface area contributed by atoms with Gasteiger partial charge in [0, 0.05) is 56.5 Å². The van der Waals surface area contributed by atoms with Gasteiger partial charge in [-0.05, 0) is 37.6 Å². The van der Waals surface area contributed by atoms with Crippen LogP contribution in [0.4, 0.5) is 10.8 Å². The minimum absolute atomic E-state index is 0.0227. The summed E-state index contributed by atoms with van der Waals surface area (Å²) in [6, 6.07) is 10.6. The van der Waals surface area contributed by atoms with Crippen molar-refractivity contribution in [2.45, 2.75) is 26.2 Å². The summed E-state index contributed by atoms with van der Waals surface area (Å²) in [6.07, 6.45) is 2.87. The summed E-state index contributed by atoms with van der Waals surface area (Å²) in [6.45, 7) is 4.28. The van der Waals surface area contributed by atoms with Crippen LogP contribution in [0.15, 0.2) is 42.6 Å². The molecule has 3 heterocycles. The van der Waals surface area contributed by atoms with Crippen LogP contribution in [-0.4, -0.2) is 58.6 Å². The molecule has 0 aliphatic carbocycles. The number of rotatable bonds is 6. The Morgan fingerprint density at radius 1 is 1.06 bits per heavy atom. The van der Waals surface area contributed by atoms with Crippen molar-refractivity contribution in [1.82, 2.24) is 14.9 Å². The first-order valence-corrected chi connectivity index (χ1v) is 11.5. The summed E-state index contributed by atoms with van der Waals surface area (Å²) >= 11 is 1.57. The fraction of sp³-hybridized carbons (Fsp3) is 0.348. The van der Waals surface area contributed by atoms with Gasteiger partial charge in [0.25, 0.3) is 0 Å². The Kier molecular flexibility index (Phi) is 6.75. The van der Waals surface area contributed by atoms with Crippen LogP contribution in [0.25, 0.3) is 10.3 Å². The SMILES string of the molecule is CC(=O)c1cccc(NC(=O)CCC(=O)N2CCCN(c3nc4cccnc4s3)CC2)c1. The van der Waals surface area contributed by atoms with Gasteiger partial charge in [-0.15, -0.1) is 0 Å². The minimum atomic E-state index is -0.238. The highest BCUT2D eigenvalue weighted by atomic mass is 32.1. The lowest BCUT2D eigenvalue weighted by Gasteiger charge is -2.21. The van der Waals surface area contributed by atoms with Crippen LogP contribution in [0.5, 0.6) is 0 Å². The van der Waals surface area contributed by atoms with Crippen LogP contribution in [0.2, 0.25) is 0 Å². The molecule has 2 aromatic heterocycles. The molecule has 8 nitrogen and oxygen atoms in total. The summed E-state index contributed by atoms with van der Waals surface area (Å²) in [5.41, 5.74) is 1.99. The van der Waals surface area contributed by atoms with E-state index in [0.29, 0.717) is 30.9 Å². The number of pyridine rings is 1. The highest BCUT2D eigenvalue weighted by Crippen LogP contribution is 2.27. The number of Topliss-reactive ketones (excluding diaryl/α,β-unsaturated/α-hetero) is 1. The molecule has 32 heavy (non-hydrogen) atoms. The molecule has 9 heteroatoms. The number of hydrogen-bond donors (Lipinski definition) is 1. The van der Waals surface area contributed by atoms with Crippen LogP contribution in [0.1, 0.15) is 36.5 Å². The minimum Gasteiger partial charge on any atom is -0.346 e. The first kappa shape index (κ1) is 21.9. The van der Waals surface area contributed by atoms with Gasteiger partial charge in [0.05, 0.1) is 0 Å². The van der Waals surface area contributed by atoms with Crippen molar-refractivity contribution in [2.75, 3.05) is 36.4 Å². The van der Waals surface area contributed by atoms with E-state index in [1.807, 2.05) is 17.0 Å². The van der Waals surface area contributed by atoms with Gasteiger partial charge in [-0.25, -0.2) is 9.97 Å². The van der Waals surface area contributed by atoms with E-state index in [-0.39, 0.29) is 30.4 Å². The number of benzene rings is 1. The van der Waals surface area contributed by atoms with E-state index < -0.39 is 0 Å². The molecule has 3 aromatic rings. The highest BCUT2D eigenvalue weighted by molar-refractivity contribution is 7.21. The summed E-state index contributed by atoms with van der Waals surface area (Å²) < 4.78 is 0. The molecule has 0 spiro atoms. The number of amides is 2. The van der Waals surface area contributed by atoms with Crippen molar-refractivity contribution in [3.63, 3.8) is 0 Å². The van der Waals surface area contributed by atoms with Gasteiger partial charge in [0.1, 0.15) is 10.3 Å². The molecule has 1 aliphatic rings. The van der Waals surface area contributed by atoms with E-state index >= 15 is 0 Å². The van der Waals surface area contributed by atoms with Crippen LogP contribution in [0.3, 0.4) is 0 Å².